The summed E-state index contributed by atoms with van der Waals surface area (Å²) in [5, 5.41) is 3.29. The molecule has 0 saturated carbocycles. The maximum atomic E-state index is 12.1. The number of hydrogen-bond acceptors (Lipinski definition) is 3. The van der Waals surface area contributed by atoms with E-state index in [2.05, 4.69) is 29.1 Å². The van der Waals surface area contributed by atoms with Crippen LogP contribution in [0, 0.1) is 0 Å². The second kappa shape index (κ2) is 7.92. The highest BCUT2D eigenvalue weighted by Crippen LogP contribution is 2.22. The summed E-state index contributed by atoms with van der Waals surface area (Å²) in [5.41, 5.74) is 2.54. The smallest absolute Gasteiger partial charge is 0.211 e. The standard InChI is InChI=1S/C16H26N2O2S/c1-2-9-17-10-5-6-11-21(19,20)18-16-12-14-7-3-4-8-15(14)13-16/h3-4,7-8,16-18H,2,5-6,9-13H2,1H3. The predicted octanol–water partition coefficient (Wildman–Crippen LogP) is 1.85. The fourth-order valence-corrected chi connectivity index (χ4v) is 4.18. The van der Waals surface area contributed by atoms with Crippen molar-refractivity contribution in [2.45, 2.75) is 45.1 Å². The maximum Gasteiger partial charge on any atom is 0.211 e. The van der Waals surface area contributed by atoms with Crippen LogP contribution in [0.4, 0.5) is 0 Å². The molecule has 118 valence electrons. The zero-order valence-corrected chi connectivity index (χ0v) is 13.6. The second-order valence-electron chi connectivity index (χ2n) is 5.77. The SMILES string of the molecule is CCCNCCCCS(=O)(=O)NC1Cc2ccccc2C1. The van der Waals surface area contributed by atoms with E-state index in [4.69, 9.17) is 0 Å². The van der Waals surface area contributed by atoms with E-state index >= 15 is 0 Å². The Morgan fingerprint density at radius 1 is 1.10 bits per heavy atom. The highest BCUT2D eigenvalue weighted by atomic mass is 32.2. The monoisotopic (exact) mass is 310 g/mol. The molecule has 0 heterocycles. The van der Waals surface area contributed by atoms with Gasteiger partial charge in [-0.15, -0.1) is 0 Å². The van der Waals surface area contributed by atoms with Crippen LogP contribution in [0.25, 0.3) is 0 Å². The number of sulfonamides is 1. The van der Waals surface area contributed by atoms with E-state index in [0.29, 0.717) is 6.42 Å². The number of unbranched alkanes of at least 4 members (excludes halogenated alkanes) is 1. The van der Waals surface area contributed by atoms with Crippen molar-refractivity contribution in [1.82, 2.24) is 10.0 Å². The summed E-state index contributed by atoms with van der Waals surface area (Å²) in [4.78, 5) is 0. The van der Waals surface area contributed by atoms with E-state index in [9.17, 15) is 8.42 Å². The van der Waals surface area contributed by atoms with Crippen LogP contribution in [0.15, 0.2) is 24.3 Å². The number of rotatable bonds is 9. The topological polar surface area (TPSA) is 58.2 Å². The number of nitrogens with one attached hydrogen (secondary N) is 2. The van der Waals surface area contributed by atoms with Crippen molar-refractivity contribution in [3.8, 4) is 0 Å². The van der Waals surface area contributed by atoms with Crippen molar-refractivity contribution in [2.75, 3.05) is 18.8 Å². The molecule has 0 bridgehead atoms. The van der Waals surface area contributed by atoms with E-state index in [-0.39, 0.29) is 11.8 Å². The molecule has 2 N–H and O–H groups in total. The first-order valence-electron chi connectivity index (χ1n) is 7.88. The van der Waals surface area contributed by atoms with Crippen LogP contribution < -0.4 is 10.0 Å². The van der Waals surface area contributed by atoms with Crippen LogP contribution in [-0.4, -0.2) is 33.3 Å². The highest BCUT2D eigenvalue weighted by Gasteiger charge is 2.24. The first-order valence-corrected chi connectivity index (χ1v) is 9.53. The molecule has 2 rings (SSSR count). The minimum atomic E-state index is -3.15. The minimum absolute atomic E-state index is 0.0330. The molecule has 0 aliphatic heterocycles. The Morgan fingerprint density at radius 3 is 2.38 bits per heavy atom. The average molecular weight is 310 g/mol. The van der Waals surface area contributed by atoms with E-state index in [0.717, 1.165) is 38.8 Å². The molecule has 0 fully saturated rings. The van der Waals surface area contributed by atoms with Crippen molar-refractivity contribution in [3.63, 3.8) is 0 Å². The van der Waals surface area contributed by atoms with E-state index in [1.54, 1.807) is 0 Å². The minimum Gasteiger partial charge on any atom is -0.317 e. The van der Waals surface area contributed by atoms with Gasteiger partial charge in [0.1, 0.15) is 0 Å². The van der Waals surface area contributed by atoms with Gasteiger partial charge in [-0.2, -0.15) is 0 Å². The molecule has 1 aliphatic rings. The number of fused-ring (bicyclic) bond motifs is 1. The van der Waals surface area contributed by atoms with Crippen molar-refractivity contribution in [2.24, 2.45) is 0 Å². The first-order chi connectivity index (χ1) is 10.1. The molecular formula is C16H26N2O2S. The lowest BCUT2D eigenvalue weighted by Gasteiger charge is -2.12. The molecule has 1 aliphatic carbocycles. The van der Waals surface area contributed by atoms with Crippen molar-refractivity contribution in [3.05, 3.63) is 35.4 Å². The first kappa shape index (κ1) is 16.5. The van der Waals surface area contributed by atoms with Gasteiger partial charge in [-0.25, -0.2) is 13.1 Å². The average Bonchev–Trinajstić information content (AvgIpc) is 2.83. The molecule has 0 amide bonds. The zero-order valence-electron chi connectivity index (χ0n) is 12.8. The van der Waals surface area contributed by atoms with E-state index < -0.39 is 10.0 Å². The van der Waals surface area contributed by atoms with E-state index in [1.165, 1.54) is 11.1 Å². The molecule has 0 unspecified atom stereocenters. The molecule has 1 aromatic carbocycles. The van der Waals surface area contributed by atoms with Gasteiger partial charge in [0.05, 0.1) is 5.75 Å². The molecule has 1 aromatic rings. The Bertz CT molecular complexity index is 518. The molecule has 0 saturated heterocycles. The van der Waals surface area contributed by atoms with Gasteiger partial charge in [0.15, 0.2) is 0 Å². The van der Waals surface area contributed by atoms with Gasteiger partial charge in [0.25, 0.3) is 0 Å². The van der Waals surface area contributed by atoms with Gasteiger partial charge in [-0.1, -0.05) is 31.2 Å². The molecule has 0 atom stereocenters. The third-order valence-corrected chi connectivity index (χ3v) is 5.36. The molecule has 21 heavy (non-hydrogen) atoms. The van der Waals surface area contributed by atoms with Gasteiger partial charge in [0.2, 0.25) is 10.0 Å². The van der Waals surface area contributed by atoms with E-state index in [1.807, 2.05) is 12.1 Å². The predicted molar refractivity (Wildman–Crippen MR) is 87.0 cm³/mol. The molecule has 0 spiro atoms. The van der Waals surface area contributed by atoms with Crippen LogP contribution in [0.2, 0.25) is 0 Å². The molecule has 0 aromatic heterocycles. The molecule has 4 nitrogen and oxygen atoms in total. The van der Waals surface area contributed by atoms with Crippen molar-refractivity contribution >= 4 is 10.0 Å². The Morgan fingerprint density at radius 2 is 1.76 bits per heavy atom. The van der Waals surface area contributed by atoms with Crippen LogP contribution in [-0.2, 0) is 22.9 Å². The largest absolute Gasteiger partial charge is 0.317 e. The summed E-state index contributed by atoms with van der Waals surface area (Å²) < 4.78 is 27.0. The number of benzene rings is 1. The van der Waals surface area contributed by atoms with Gasteiger partial charge in [-0.05, 0) is 56.3 Å². The summed E-state index contributed by atoms with van der Waals surface area (Å²) in [6.45, 7) is 4.03. The fraction of sp³-hybridized carbons (Fsp3) is 0.625. The Kier molecular flexibility index (Phi) is 6.21. The summed E-state index contributed by atoms with van der Waals surface area (Å²) in [7, 11) is -3.15. The summed E-state index contributed by atoms with van der Waals surface area (Å²) in [5.74, 6) is 0.230. The lowest BCUT2D eigenvalue weighted by atomic mass is 10.1. The van der Waals surface area contributed by atoms with Crippen molar-refractivity contribution < 1.29 is 8.42 Å². The highest BCUT2D eigenvalue weighted by molar-refractivity contribution is 7.89. The molecular weight excluding hydrogens is 284 g/mol. The summed E-state index contributed by atoms with van der Waals surface area (Å²) in [6, 6.07) is 8.23. The van der Waals surface area contributed by atoms with Crippen molar-refractivity contribution in [1.29, 1.82) is 0 Å². The Hall–Kier alpha value is -0.910. The zero-order chi connectivity index (χ0) is 15.1. The Labute approximate surface area is 128 Å². The van der Waals surface area contributed by atoms with Crippen LogP contribution in [0.5, 0.6) is 0 Å². The van der Waals surface area contributed by atoms with Crippen LogP contribution >= 0.6 is 0 Å². The van der Waals surface area contributed by atoms with Crippen LogP contribution in [0.1, 0.15) is 37.3 Å². The number of hydrogen-bond donors (Lipinski definition) is 2. The maximum absolute atomic E-state index is 12.1. The lowest BCUT2D eigenvalue weighted by molar-refractivity contribution is 0.549. The van der Waals surface area contributed by atoms with Gasteiger partial charge in [0, 0.05) is 6.04 Å². The fourth-order valence-electron chi connectivity index (χ4n) is 2.80. The summed E-state index contributed by atoms with van der Waals surface area (Å²) in [6.07, 6.45) is 4.36. The quantitative estimate of drug-likeness (QED) is 0.684. The van der Waals surface area contributed by atoms with Crippen LogP contribution in [0.3, 0.4) is 0 Å². The molecule has 5 heteroatoms. The lowest BCUT2D eigenvalue weighted by Crippen LogP contribution is -2.37. The molecule has 0 radical (unpaired) electrons. The van der Waals surface area contributed by atoms with Gasteiger partial charge >= 0.3 is 0 Å². The van der Waals surface area contributed by atoms with Gasteiger partial charge in [-0.3, -0.25) is 0 Å². The third kappa shape index (κ3) is 5.41. The summed E-state index contributed by atoms with van der Waals surface area (Å²) >= 11 is 0. The van der Waals surface area contributed by atoms with Gasteiger partial charge < -0.3 is 5.32 Å². The second-order valence-corrected chi connectivity index (χ2v) is 7.64. The third-order valence-electron chi connectivity index (χ3n) is 3.84. The normalized spacial score (nSPS) is 15.3. The Balaban J connectivity index is 1.70.